The lowest BCUT2D eigenvalue weighted by Gasteiger charge is -2.21. The molecule has 0 fully saturated rings. The Labute approximate surface area is 216 Å². The van der Waals surface area contributed by atoms with Gasteiger partial charge in [-0.1, -0.05) is 18.7 Å². The van der Waals surface area contributed by atoms with Gasteiger partial charge < -0.3 is 20.5 Å². The first kappa shape index (κ1) is 26.9. The smallest absolute Gasteiger partial charge is 0.441 e. The highest BCUT2D eigenvalue weighted by Gasteiger charge is 2.28. The van der Waals surface area contributed by atoms with Crippen molar-refractivity contribution in [1.82, 2.24) is 15.0 Å². The summed E-state index contributed by atoms with van der Waals surface area (Å²) in [6.07, 6.45) is 3.89. The van der Waals surface area contributed by atoms with Crippen LogP contribution in [0.15, 0.2) is 30.6 Å². The fourth-order valence-corrected chi connectivity index (χ4v) is 4.68. The van der Waals surface area contributed by atoms with E-state index in [1.807, 2.05) is 19.9 Å². The number of carbonyl (C=O) groups excluding carboxylic acids is 1. The second-order valence-corrected chi connectivity index (χ2v) is 10.1. The minimum atomic E-state index is -4.27. The zero-order valence-corrected chi connectivity index (χ0v) is 21.4. The zero-order valence-electron chi connectivity index (χ0n) is 20.6. The molecular formula is C25H28F3N5O3S. The summed E-state index contributed by atoms with van der Waals surface area (Å²) in [5.74, 6) is 0.807. The normalized spacial score (nSPS) is 17.2. The molecule has 0 aromatic carbocycles. The number of hydrogen-bond donors (Lipinski definition) is 2. The standard InChI is InChI=1S/C25H28F3N5O3S/c1-4-19(29)17-11-31-23(35-13(2)7-8-37-25(26,27)28)18-12-30-22(10-16(17)18)33-21-6-5-15-20(32-21)9-14(3)36-24(15)34/h5-6,10-14,19H,4,7-9,29H2,1-3H3,(H,30,32,33). The molecule has 0 bridgehead atoms. The summed E-state index contributed by atoms with van der Waals surface area (Å²) in [4.78, 5) is 25.5. The number of nitrogens with zero attached hydrogens (tertiary/aromatic N) is 3. The van der Waals surface area contributed by atoms with E-state index < -0.39 is 11.6 Å². The number of cyclic esters (lactones) is 1. The SMILES string of the molecule is CCC(N)c1cnc(OC(C)CCSC(F)(F)F)c2cnc(Nc3ccc4c(n3)CC(C)OC4=O)cc12. The molecular weight excluding hydrogens is 507 g/mol. The van der Waals surface area contributed by atoms with Gasteiger partial charge in [-0.2, -0.15) is 13.2 Å². The Balaban J connectivity index is 1.60. The van der Waals surface area contributed by atoms with E-state index in [-0.39, 0.29) is 47.9 Å². The highest BCUT2D eigenvalue weighted by atomic mass is 32.2. The average Bonchev–Trinajstić information content (AvgIpc) is 2.82. The molecule has 4 heterocycles. The molecule has 0 amide bonds. The molecule has 3 atom stereocenters. The molecule has 0 spiro atoms. The molecule has 1 aliphatic rings. The van der Waals surface area contributed by atoms with Crippen LogP contribution in [0, 0.1) is 0 Å². The molecule has 3 aromatic heterocycles. The number of aromatic nitrogens is 3. The van der Waals surface area contributed by atoms with Gasteiger partial charge in [0.1, 0.15) is 17.7 Å². The Kier molecular flexibility index (Phi) is 8.08. The van der Waals surface area contributed by atoms with E-state index in [1.165, 1.54) is 0 Å². The lowest BCUT2D eigenvalue weighted by molar-refractivity contribution is -0.0328. The fraction of sp³-hybridized carbons (Fsp3) is 0.440. The van der Waals surface area contributed by atoms with E-state index in [0.29, 0.717) is 41.1 Å². The number of nitrogens with one attached hydrogen (secondary N) is 1. The molecule has 8 nitrogen and oxygen atoms in total. The van der Waals surface area contributed by atoms with Gasteiger partial charge in [0.15, 0.2) is 0 Å². The first-order valence-corrected chi connectivity index (χ1v) is 12.9. The number of pyridine rings is 3. The Morgan fingerprint density at radius 2 is 2.03 bits per heavy atom. The van der Waals surface area contributed by atoms with Crippen molar-refractivity contribution < 1.29 is 27.4 Å². The van der Waals surface area contributed by atoms with E-state index in [1.54, 1.807) is 31.5 Å². The monoisotopic (exact) mass is 535 g/mol. The molecule has 0 saturated heterocycles. The molecule has 3 N–H and O–H groups in total. The van der Waals surface area contributed by atoms with Crippen LogP contribution in [-0.4, -0.2) is 44.4 Å². The number of rotatable bonds is 9. The van der Waals surface area contributed by atoms with Gasteiger partial charge in [-0.25, -0.2) is 19.7 Å². The first-order valence-electron chi connectivity index (χ1n) is 11.9. The van der Waals surface area contributed by atoms with Crippen molar-refractivity contribution in [1.29, 1.82) is 0 Å². The molecule has 1 aliphatic heterocycles. The van der Waals surface area contributed by atoms with Crippen molar-refractivity contribution in [3.8, 4) is 5.88 Å². The number of ether oxygens (including phenoxy) is 2. The van der Waals surface area contributed by atoms with Crippen molar-refractivity contribution in [2.45, 2.75) is 63.8 Å². The second kappa shape index (κ2) is 11.1. The number of esters is 1. The first-order chi connectivity index (χ1) is 17.5. The molecule has 3 unspecified atom stereocenters. The predicted molar refractivity (Wildman–Crippen MR) is 136 cm³/mol. The number of carbonyl (C=O) groups is 1. The van der Waals surface area contributed by atoms with Crippen LogP contribution in [0.1, 0.15) is 61.3 Å². The maximum absolute atomic E-state index is 12.5. The van der Waals surface area contributed by atoms with Crippen LogP contribution in [0.2, 0.25) is 0 Å². The van der Waals surface area contributed by atoms with Crippen LogP contribution in [0.3, 0.4) is 0 Å². The van der Waals surface area contributed by atoms with Gasteiger partial charge in [0.2, 0.25) is 5.88 Å². The number of halogens is 3. The number of hydrogen-bond acceptors (Lipinski definition) is 9. The topological polar surface area (TPSA) is 112 Å². The number of fused-ring (bicyclic) bond motifs is 2. The Morgan fingerprint density at radius 3 is 2.76 bits per heavy atom. The minimum absolute atomic E-state index is 0.0722. The quantitative estimate of drug-likeness (QED) is 0.334. The minimum Gasteiger partial charge on any atom is -0.474 e. The predicted octanol–water partition coefficient (Wildman–Crippen LogP) is 5.69. The Bertz CT molecular complexity index is 1290. The number of alkyl halides is 3. The number of nitrogens with two attached hydrogens (primary N) is 1. The summed E-state index contributed by atoms with van der Waals surface area (Å²) in [6, 6.07) is 4.89. The summed E-state index contributed by atoms with van der Waals surface area (Å²) in [5.41, 5.74) is 3.96. The molecule has 12 heteroatoms. The maximum atomic E-state index is 12.5. The van der Waals surface area contributed by atoms with Crippen LogP contribution < -0.4 is 15.8 Å². The van der Waals surface area contributed by atoms with E-state index in [2.05, 4.69) is 20.3 Å². The van der Waals surface area contributed by atoms with Crippen molar-refractivity contribution in [2.24, 2.45) is 5.73 Å². The van der Waals surface area contributed by atoms with Gasteiger partial charge in [0.05, 0.1) is 22.7 Å². The van der Waals surface area contributed by atoms with Crippen molar-refractivity contribution >= 4 is 40.1 Å². The Hall–Kier alpha value is -3.12. The highest BCUT2D eigenvalue weighted by Crippen LogP contribution is 2.34. The van der Waals surface area contributed by atoms with Crippen LogP contribution >= 0.6 is 11.8 Å². The molecule has 0 saturated carbocycles. The van der Waals surface area contributed by atoms with Crippen molar-refractivity contribution in [3.05, 3.63) is 47.4 Å². The second-order valence-electron chi connectivity index (χ2n) is 8.90. The van der Waals surface area contributed by atoms with Crippen LogP contribution in [-0.2, 0) is 11.2 Å². The van der Waals surface area contributed by atoms with E-state index in [0.717, 1.165) is 10.9 Å². The summed E-state index contributed by atoms with van der Waals surface area (Å²) in [5, 5.41) is 4.55. The van der Waals surface area contributed by atoms with Gasteiger partial charge in [-0.3, -0.25) is 0 Å². The largest absolute Gasteiger partial charge is 0.474 e. The highest BCUT2D eigenvalue weighted by molar-refractivity contribution is 8.00. The molecule has 3 aromatic rings. The Morgan fingerprint density at radius 1 is 1.24 bits per heavy atom. The van der Waals surface area contributed by atoms with Crippen molar-refractivity contribution in [3.63, 3.8) is 0 Å². The van der Waals surface area contributed by atoms with Gasteiger partial charge in [-0.05, 0) is 55.8 Å². The fourth-order valence-electron chi connectivity index (χ4n) is 4.00. The molecule has 198 valence electrons. The summed E-state index contributed by atoms with van der Waals surface area (Å²) >= 11 is -0.0722. The van der Waals surface area contributed by atoms with Crippen LogP contribution in [0.25, 0.3) is 10.8 Å². The van der Waals surface area contributed by atoms with Crippen LogP contribution in [0.4, 0.5) is 24.8 Å². The van der Waals surface area contributed by atoms with Crippen LogP contribution in [0.5, 0.6) is 5.88 Å². The lowest BCUT2D eigenvalue weighted by atomic mass is 10.0. The van der Waals surface area contributed by atoms with E-state index in [4.69, 9.17) is 15.2 Å². The number of anilines is 2. The maximum Gasteiger partial charge on any atom is 0.441 e. The zero-order chi connectivity index (χ0) is 26.7. The van der Waals surface area contributed by atoms with Gasteiger partial charge in [0.25, 0.3) is 0 Å². The van der Waals surface area contributed by atoms with E-state index in [9.17, 15) is 18.0 Å². The average molecular weight is 536 g/mol. The third kappa shape index (κ3) is 6.61. The summed E-state index contributed by atoms with van der Waals surface area (Å²) < 4.78 is 48.5. The van der Waals surface area contributed by atoms with Gasteiger partial charge in [0, 0.05) is 30.6 Å². The lowest BCUT2D eigenvalue weighted by Crippen LogP contribution is -2.26. The van der Waals surface area contributed by atoms with E-state index >= 15 is 0 Å². The third-order valence-electron chi connectivity index (χ3n) is 5.95. The summed E-state index contributed by atoms with van der Waals surface area (Å²) in [7, 11) is 0. The molecule has 0 radical (unpaired) electrons. The van der Waals surface area contributed by atoms with Gasteiger partial charge >= 0.3 is 11.5 Å². The molecule has 0 aliphatic carbocycles. The van der Waals surface area contributed by atoms with Crippen molar-refractivity contribution in [2.75, 3.05) is 11.1 Å². The molecule has 4 rings (SSSR count). The number of thioether (sulfide) groups is 1. The third-order valence-corrected chi connectivity index (χ3v) is 6.71. The van der Waals surface area contributed by atoms with Gasteiger partial charge in [-0.15, -0.1) is 0 Å². The molecule has 37 heavy (non-hydrogen) atoms. The summed E-state index contributed by atoms with van der Waals surface area (Å²) in [6.45, 7) is 5.48.